The lowest BCUT2D eigenvalue weighted by molar-refractivity contribution is -0.121. The first-order valence-corrected chi connectivity index (χ1v) is 11.8. The molecule has 1 aliphatic rings. The van der Waals surface area contributed by atoms with Gasteiger partial charge in [-0.25, -0.2) is 9.07 Å². The Morgan fingerprint density at radius 1 is 1.24 bits per heavy atom. The molecule has 0 bridgehead atoms. The molecule has 4 N–H and O–H groups in total. The van der Waals surface area contributed by atoms with Crippen molar-refractivity contribution in [1.82, 2.24) is 25.3 Å². The van der Waals surface area contributed by atoms with E-state index in [1.165, 1.54) is 23.0 Å². The van der Waals surface area contributed by atoms with Gasteiger partial charge in [0.15, 0.2) is 0 Å². The molecule has 1 aliphatic heterocycles. The van der Waals surface area contributed by atoms with E-state index in [1.54, 1.807) is 30.5 Å². The van der Waals surface area contributed by atoms with E-state index >= 15 is 0 Å². The Hall–Kier alpha value is -4.57. The maximum Gasteiger partial charge on any atom is 0.256 e. The molecule has 0 saturated heterocycles. The molecule has 188 valence electrons. The standard InChI is InChI=1S/C27H25FN6O3/c1-16-10-18(12-25(36)29-14-20(35)15-34-9-8-30-33-34)24(31-16)13-22-26-21(17-4-2-5-19(28)11-17)6-3-7-23(26)32-27(22)37/h2-11,13,20,31,35H,12,14-15H2,1H3,(H,29,36)(H,32,37)/b22-13-. The van der Waals surface area contributed by atoms with Crippen molar-refractivity contribution < 1.29 is 19.1 Å². The molecular formula is C27H25FN6O3. The number of hydrogen-bond donors (Lipinski definition) is 4. The second-order valence-electron chi connectivity index (χ2n) is 8.90. The minimum atomic E-state index is -0.819. The van der Waals surface area contributed by atoms with E-state index in [0.717, 1.165) is 11.3 Å². The van der Waals surface area contributed by atoms with Gasteiger partial charge in [-0.3, -0.25) is 9.59 Å². The third-order valence-electron chi connectivity index (χ3n) is 6.08. The number of aryl methyl sites for hydroxylation is 1. The number of aromatic nitrogens is 4. The number of halogens is 1. The maximum atomic E-state index is 13.9. The summed E-state index contributed by atoms with van der Waals surface area (Å²) in [4.78, 5) is 28.8. The average Bonchev–Trinajstić information content (AvgIpc) is 3.57. The molecule has 0 fully saturated rings. The third kappa shape index (κ3) is 5.34. The van der Waals surface area contributed by atoms with E-state index in [4.69, 9.17) is 0 Å². The summed E-state index contributed by atoms with van der Waals surface area (Å²) in [6.07, 6.45) is 4.10. The van der Waals surface area contributed by atoms with Crippen molar-refractivity contribution in [3.63, 3.8) is 0 Å². The summed E-state index contributed by atoms with van der Waals surface area (Å²) in [6, 6.07) is 13.5. The first kappa shape index (κ1) is 24.1. The zero-order chi connectivity index (χ0) is 25.9. The number of anilines is 1. The quantitative estimate of drug-likeness (QED) is 0.277. The number of aromatic amines is 1. The lowest BCUT2D eigenvalue weighted by Crippen LogP contribution is -2.35. The minimum absolute atomic E-state index is 0.0551. The number of aliphatic hydroxyl groups is 1. The van der Waals surface area contributed by atoms with Gasteiger partial charge in [0.2, 0.25) is 5.91 Å². The van der Waals surface area contributed by atoms with Gasteiger partial charge in [-0.05, 0) is 54.0 Å². The SMILES string of the molecule is Cc1cc(CC(=O)NCC(O)Cn2ccnn2)c(/C=C2\C(=O)Nc3cccc(-c4cccc(F)c4)c32)[nH]1. The first-order valence-electron chi connectivity index (χ1n) is 11.8. The maximum absolute atomic E-state index is 13.9. The number of H-pyrrole nitrogens is 1. The van der Waals surface area contributed by atoms with Crippen molar-refractivity contribution in [2.45, 2.75) is 26.0 Å². The fourth-order valence-electron chi connectivity index (χ4n) is 4.45. The van der Waals surface area contributed by atoms with Crippen molar-refractivity contribution >= 4 is 29.2 Å². The van der Waals surface area contributed by atoms with E-state index in [2.05, 4.69) is 25.9 Å². The zero-order valence-electron chi connectivity index (χ0n) is 20.0. The summed E-state index contributed by atoms with van der Waals surface area (Å²) in [6.45, 7) is 2.14. The zero-order valence-corrected chi connectivity index (χ0v) is 20.0. The number of amides is 2. The fourth-order valence-corrected chi connectivity index (χ4v) is 4.45. The monoisotopic (exact) mass is 500 g/mol. The summed E-state index contributed by atoms with van der Waals surface area (Å²) in [5.41, 5.74) is 5.29. The summed E-state index contributed by atoms with van der Waals surface area (Å²) < 4.78 is 15.4. The second kappa shape index (κ2) is 10.2. The summed E-state index contributed by atoms with van der Waals surface area (Å²) in [5.74, 6) is -0.914. The molecule has 37 heavy (non-hydrogen) atoms. The predicted octanol–water partition coefficient (Wildman–Crippen LogP) is 2.93. The highest BCUT2D eigenvalue weighted by Crippen LogP contribution is 2.40. The summed E-state index contributed by atoms with van der Waals surface area (Å²) in [5, 5.41) is 23.3. The van der Waals surface area contributed by atoms with Crippen LogP contribution in [0.15, 0.2) is 60.9 Å². The van der Waals surface area contributed by atoms with Crippen LogP contribution in [0.25, 0.3) is 22.8 Å². The minimum Gasteiger partial charge on any atom is -0.389 e. The van der Waals surface area contributed by atoms with Crippen molar-refractivity contribution in [2.75, 3.05) is 11.9 Å². The smallest absolute Gasteiger partial charge is 0.256 e. The molecule has 2 aromatic carbocycles. The molecule has 9 nitrogen and oxygen atoms in total. The lowest BCUT2D eigenvalue weighted by atomic mass is 9.94. The van der Waals surface area contributed by atoms with Crippen LogP contribution in [0.1, 0.15) is 22.5 Å². The van der Waals surface area contributed by atoms with Gasteiger partial charge in [0, 0.05) is 35.4 Å². The van der Waals surface area contributed by atoms with Gasteiger partial charge in [0.25, 0.3) is 5.91 Å². The van der Waals surface area contributed by atoms with Crippen molar-refractivity contribution in [3.8, 4) is 11.1 Å². The van der Waals surface area contributed by atoms with Crippen LogP contribution in [0.3, 0.4) is 0 Å². The Labute approximate surface area is 212 Å². The number of nitrogens with one attached hydrogen (secondary N) is 3. The Balaban J connectivity index is 1.38. The van der Waals surface area contributed by atoms with E-state index in [-0.39, 0.29) is 37.1 Å². The van der Waals surface area contributed by atoms with Gasteiger partial charge in [-0.15, -0.1) is 5.10 Å². The highest BCUT2D eigenvalue weighted by molar-refractivity contribution is 6.36. The van der Waals surface area contributed by atoms with Crippen LogP contribution < -0.4 is 10.6 Å². The number of carbonyl (C=O) groups excluding carboxylic acids is 2. The second-order valence-corrected chi connectivity index (χ2v) is 8.90. The van der Waals surface area contributed by atoms with Crippen LogP contribution in [0.4, 0.5) is 10.1 Å². The molecule has 0 saturated carbocycles. The highest BCUT2D eigenvalue weighted by Gasteiger charge is 2.28. The van der Waals surface area contributed by atoms with Gasteiger partial charge >= 0.3 is 0 Å². The molecule has 10 heteroatoms. The van der Waals surface area contributed by atoms with Crippen LogP contribution in [0, 0.1) is 12.7 Å². The van der Waals surface area contributed by atoms with Crippen molar-refractivity contribution in [1.29, 1.82) is 0 Å². The number of benzene rings is 2. The molecule has 0 aliphatic carbocycles. The van der Waals surface area contributed by atoms with Crippen LogP contribution in [-0.4, -0.2) is 49.5 Å². The van der Waals surface area contributed by atoms with Gasteiger partial charge < -0.3 is 20.7 Å². The molecule has 2 amide bonds. The Morgan fingerprint density at radius 3 is 2.86 bits per heavy atom. The molecule has 1 unspecified atom stereocenters. The summed E-state index contributed by atoms with van der Waals surface area (Å²) in [7, 11) is 0. The van der Waals surface area contributed by atoms with E-state index < -0.39 is 6.10 Å². The Morgan fingerprint density at radius 2 is 2.08 bits per heavy atom. The number of aliphatic hydroxyl groups excluding tert-OH is 1. The molecule has 3 heterocycles. The normalized spacial score (nSPS) is 14.5. The number of nitrogens with zero attached hydrogens (tertiary/aromatic N) is 3. The molecule has 0 spiro atoms. The molecule has 0 radical (unpaired) electrons. The number of fused-ring (bicyclic) bond motifs is 1. The molecule has 5 rings (SSSR count). The Kier molecular flexibility index (Phi) is 6.65. The molecular weight excluding hydrogens is 475 g/mol. The predicted molar refractivity (Wildman–Crippen MR) is 137 cm³/mol. The van der Waals surface area contributed by atoms with Gasteiger partial charge in [-0.1, -0.05) is 29.5 Å². The van der Waals surface area contributed by atoms with Crippen molar-refractivity contribution in [2.24, 2.45) is 0 Å². The van der Waals surface area contributed by atoms with Gasteiger partial charge in [0.1, 0.15) is 5.82 Å². The number of hydrogen-bond acceptors (Lipinski definition) is 5. The Bertz CT molecular complexity index is 1490. The first-order chi connectivity index (χ1) is 17.9. The van der Waals surface area contributed by atoms with Crippen LogP contribution >= 0.6 is 0 Å². The van der Waals surface area contributed by atoms with Crippen molar-refractivity contribution in [3.05, 3.63) is 89.3 Å². The topological polar surface area (TPSA) is 125 Å². The van der Waals surface area contributed by atoms with Crippen LogP contribution in [0.5, 0.6) is 0 Å². The molecule has 4 aromatic rings. The number of carbonyl (C=O) groups is 2. The lowest BCUT2D eigenvalue weighted by Gasteiger charge is -2.12. The number of rotatable bonds is 8. The van der Waals surface area contributed by atoms with Crippen LogP contribution in [-0.2, 0) is 22.6 Å². The van der Waals surface area contributed by atoms with E-state index in [1.807, 2.05) is 25.1 Å². The van der Waals surface area contributed by atoms with Gasteiger partial charge in [-0.2, -0.15) is 0 Å². The van der Waals surface area contributed by atoms with Gasteiger partial charge in [0.05, 0.1) is 30.8 Å². The largest absolute Gasteiger partial charge is 0.389 e. The highest BCUT2D eigenvalue weighted by atomic mass is 19.1. The van der Waals surface area contributed by atoms with E-state index in [0.29, 0.717) is 33.6 Å². The average molecular weight is 501 g/mol. The molecule has 1 atom stereocenters. The summed E-state index contributed by atoms with van der Waals surface area (Å²) >= 11 is 0. The third-order valence-corrected chi connectivity index (χ3v) is 6.08. The fraction of sp³-hybridized carbons (Fsp3) is 0.185. The molecule has 2 aromatic heterocycles. The van der Waals surface area contributed by atoms with E-state index in [9.17, 15) is 19.1 Å². The van der Waals surface area contributed by atoms with Crippen LogP contribution in [0.2, 0.25) is 0 Å².